The van der Waals surface area contributed by atoms with Crippen molar-refractivity contribution in [2.24, 2.45) is 5.41 Å². The van der Waals surface area contributed by atoms with E-state index in [-0.39, 0.29) is 0 Å². The van der Waals surface area contributed by atoms with Crippen molar-refractivity contribution in [1.82, 2.24) is 4.98 Å². The molecule has 1 saturated carbocycles. The number of nitrogens with one attached hydrogen (secondary N) is 1. The zero-order chi connectivity index (χ0) is 11.6. The van der Waals surface area contributed by atoms with Gasteiger partial charge in [0.1, 0.15) is 0 Å². The summed E-state index contributed by atoms with van der Waals surface area (Å²) in [4.78, 5) is 4.30. The van der Waals surface area contributed by atoms with Crippen LogP contribution < -0.4 is 15.8 Å². The zero-order valence-corrected chi connectivity index (χ0v) is 9.92. The number of methoxy groups -OCH3 is 1. The molecule has 0 saturated heterocycles. The minimum atomic E-state index is 0.483. The van der Waals surface area contributed by atoms with Crippen LogP contribution in [0.5, 0.6) is 5.88 Å². The molecular formula is C12H19N3O. The van der Waals surface area contributed by atoms with Crippen LogP contribution in [-0.4, -0.2) is 18.6 Å². The molecule has 2 rings (SSSR count). The van der Waals surface area contributed by atoms with Crippen LogP contribution in [0.2, 0.25) is 0 Å². The highest BCUT2D eigenvalue weighted by Crippen LogP contribution is 2.48. The highest BCUT2D eigenvalue weighted by molar-refractivity contribution is 5.62. The lowest BCUT2D eigenvalue weighted by Crippen LogP contribution is -2.16. The van der Waals surface area contributed by atoms with Crippen molar-refractivity contribution in [2.75, 3.05) is 24.7 Å². The van der Waals surface area contributed by atoms with Crippen LogP contribution >= 0.6 is 0 Å². The SMILES string of the molecule is CCC1(CNc2nc(OC)ccc2N)CC1. The molecule has 0 bridgehead atoms. The number of hydrogen-bond acceptors (Lipinski definition) is 4. The Labute approximate surface area is 96.2 Å². The van der Waals surface area contributed by atoms with E-state index in [1.165, 1.54) is 19.3 Å². The predicted octanol–water partition coefficient (Wildman–Crippen LogP) is 2.27. The fraction of sp³-hybridized carbons (Fsp3) is 0.583. The van der Waals surface area contributed by atoms with E-state index in [0.29, 0.717) is 17.0 Å². The summed E-state index contributed by atoms with van der Waals surface area (Å²) in [5, 5.41) is 3.33. The number of nitrogens with zero attached hydrogens (tertiary/aromatic N) is 1. The highest BCUT2D eigenvalue weighted by atomic mass is 16.5. The van der Waals surface area contributed by atoms with Gasteiger partial charge in [0.05, 0.1) is 12.8 Å². The Morgan fingerprint density at radius 1 is 1.50 bits per heavy atom. The zero-order valence-electron chi connectivity index (χ0n) is 9.92. The maximum absolute atomic E-state index is 5.85. The number of ether oxygens (including phenoxy) is 1. The van der Waals surface area contributed by atoms with Gasteiger partial charge in [-0.3, -0.25) is 0 Å². The largest absolute Gasteiger partial charge is 0.481 e. The lowest BCUT2D eigenvalue weighted by Gasteiger charge is -2.15. The standard InChI is InChI=1S/C12H19N3O/c1-3-12(6-7-12)8-14-11-9(13)4-5-10(15-11)16-2/h4-5H,3,6-8,13H2,1-2H3,(H,14,15). The molecule has 1 aliphatic rings. The summed E-state index contributed by atoms with van der Waals surface area (Å²) >= 11 is 0. The maximum atomic E-state index is 5.85. The Kier molecular flexibility index (Phi) is 2.90. The Morgan fingerprint density at radius 2 is 2.25 bits per heavy atom. The van der Waals surface area contributed by atoms with E-state index < -0.39 is 0 Å². The molecular weight excluding hydrogens is 202 g/mol. The van der Waals surface area contributed by atoms with Crippen molar-refractivity contribution in [3.63, 3.8) is 0 Å². The van der Waals surface area contributed by atoms with Crippen molar-refractivity contribution in [3.05, 3.63) is 12.1 Å². The van der Waals surface area contributed by atoms with E-state index in [0.717, 1.165) is 12.4 Å². The molecule has 1 aromatic rings. The molecule has 16 heavy (non-hydrogen) atoms. The minimum Gasteiger partial charge on any atom is -0.481 e. The number of hydrogen-bond donors (Lipinski definition) is 2. The van der Waals surface area contributed by atoms with Gasteiger partial charge in [0.25, 0.3) is 0 Å². The van der Waals surface area contributed by atoms with Gasteiger partial charge in [-0.1, -0.05) is 6.92 Å². The third-order valence-corrected chi connectivity index (χ3v) is 3.45. The molecule has 3 N–H and O–H groups in total. The van der Waals surface area contributed by atoms with E-state index in [4.69, 9.17) is 10.5 Å². The summed E-state index contributed by atoms with van der Waals surface area (Å²) in [5.41, 5.74) is 7.01. The molecule has 4 nitrogen and oxygen atoms in total. The number of nitrogens with two attached hydrogens (primary N) is 1. The molecule has 0 spiro atoms. The Hall–Kier alpha value is -1.45. The monoisotopic (exact) mass is 221 g/mol. The van der Waals surface area contributed by atoms with Crippen molar-refractivity contribution in [2.45, 2.75) is 26.2 Å². The van der Waals surface area contributed by atoms with Crippen LogP contribution in [0.25, 0.3) is 0 Å². The molecule has 0 aromatic carbocycles. The van der Waals surface area contributed by atoms with Crippen molar-refractivity contribution in [1.29, 1.82) is 0 Å². The molecule has 0 aliphatic heterocycles. The van der Waals surface area contributed by atoms with E-state index in [1.807, 2.05) is 6.07 Å². The maximum Gasteiger partial charge on any atom is 0.215 e. The average Bonchev–Trinajstić information content (AvgIpc) is 3.09. The fourth-order valence-corrected chi connectivity index (χ4v) is 1.81. The lowest BCUT2D eigenvalue weighted by molar-refractivity contribution is 0.398. The summed E-state index contributed by atoms with van der Waals surface area (Å²) in [5.74, 6) is 1.33. The number of pyridine rings is 1. The molecule has 1 heterocycles. The Morgan fingerprint density at radius 3 is 2.81 bits per heavy atom. The summed E-state index contributed by atoms with van der Waals surface area (Å²) in [6.07, 6.45) is 3.82. The van der Waals surface area contributed by atoms with Crippen LogP contribution in [0.3, 0.4) is 0 Å². The van der Waals surface area contributed by atoms with Gasteiger partial charge < -0.3 is 15.8 Å². The van der Waals surface area contributed by atoms with Crippen LogP contribution in [0.1, 0.15) is 26.2 Å². The first-order valence-electron chi connectivity index (χ1n) is 5.73. The molecule has 1 aliphatic carbocycles. The predicted molar refractivity (Wildman–Crippen MR) is 65.6 cm³/mol. The second-order valence-corrected chi connectivity index (χ2v) is 4.50. The van der Waals surface area contributed by atoms with Crippen molar-refractivity contribution >= 4 is 11.5 Å². The quantitative estimate of drug-likeness (QED) is 0.800. The lowest BCUT2D eigenvalue weighted by atomic mass is 10.0. The first kappa shape index (κ1) is 11.0. The summed E-state index contributed by atoms with van der Waals surface area (Å²) < 4.78 is 5.08. The van der Waals surface area contributed by atoms with Gasteiger partial charge in [-0.15, -0.1) is 0 Å². The van der Waals surface area contributed by atoms with Crippen LogP contribution in [0.4, 0.5) is 11.5 Å². The van der Waals surface area contributed by atoms with Crippen LogP contribution in [0.15, 0.2) is 12.1 Å². The highest BCUT2D eigenvalue weighted by Gasteiger charge is 2.40. The van der Waals surface area contributed by atoms with Crippen molar-refractivity contribution < 1.29 is 4.74 Å². The fourth-order valence-electron chi connectivity index (χ4n) is 1.81. The van der Waals surface area contributed by atoms with E-state index in [1.54, 1.807) is 13.2 Å². The smallest absolute Gasteiger partial charge is 0.215 e. The topological polar surface area (TPSA) is 60.2 Å². The number of nitrogen functional groups attached to an aromatic ring is 1. The molecule has 0 amide bonds. The number of aromatic nitrogens is 1. The first-order chi connectivity index (χ1) is 7.69. The van der Waals surface area contributed by atoms with Crippen LogP contribution in [-0.2, 0) is 0 Å². The van der Waals surface area contributed by atoms with Crippen molar-refractivity contribution in [3.8, 4) is 5.88 Å². The third-order valence-electron chi connectivity index (χ3n) is 3.45. The van der Waals surface area contributed by atoms with Gasteiger partial charge in [0.15, 0.2) is 5.82 Å². The number of rotatable bonds is 5. The molecule has 0 unspecified atom stereocenters. The van der Waals surface area contributed by atoms with E-state index in [9.17, 15) is 0 Å². The van der Waals surface area contributed by atoms with Gasteiger partial charge in [0, 0.05) is 12.6 Å². The van der Waals surface area contributed by atoms with Gasteiger partial charge in [0.2, 0.25) is 5.88 Å². The molecule has 4 heteroatoms. The Balaban J connectivity index is 2.03. The second-order valence-electron chi connectivity index (χ2n) is 4.50. The summed E-state index contributed by atoms with van der Waals surface area (Å²) in [6.45, 7) is 3.19. The Bertz CT molecular complexity index is 375. The van der Waals surface area contributed by atoms with Crippen LogP contribution in [0, 0.1) is 5.41 Å². The van der Waals surface area contributed by atoms with E-state index in [2.05, 4.69) is 17.2 Å². The normalized spacial score (nSPS) is 16.9. The van der Waals surface area contributed by atoms with Gasteiger partial charge in [-0.25, -0.2) is 0 Å². The molecule has 0 radical (unpaired) electrons. The molecule has 1 fully saturated rings. The van der Waals surface area contributed by atoms with Gasteiger partial charge in [-0.2, -0.15) is 4.98 Å². The molecule has 88 valence electrons. The summed E-state index contributed by atoms with van der Waals surface area (Å²) in [6, 6.07) is 3.59. The molecule has 0 atom stereocenters. The average molecular weight is 221 g/mol. The summed E-state index contributed by atoms with van der Waals surface area (Å²) in [7, 11) is 1.61. The first-order valence-corrected chi connectivity index (χ1v) is 5.73. The third kappa shape index (κ3) is 2.21. The second kappa shape index (κ2) is 4.20. The molecule has 1 aromatic heterocycles. The number of anilines is 2. The van der Waals surface area contributed by atoms with Gasteiger partial charge in [-0.05, 0) is 30.7 Å². The van der Waals surface area contributed by atoms with Gasteiger partial charge >= 0.3 is 0 Å². The van der Waals surface area contributed by atoms with E-state index >= 15 is 0 Å². The minimum absolute atomic E-state index is 0.483.